The number of nitrogens with one attached hydrogen (secondary N) is 2. The largest absolute Gasteiger partial charge is 0.497 e. The Bertz CT molecular complexity index is 1130. The molecule has 0 aromatic heterocycles. The molecule has 2 aliphatic carbocycles. The van der Waals surface area contributed by atoms with E-state index in [2.05, 4.69) is 17.6 Å². The summed E-state index contributed by atoms with van der Waals surface area (Å²) in [4.78, 5) is 43.9. The van der Waals surface area contributed by atoms with E-state index in [0.717, 1.165) is 51.4 Å². The third-order valence-corrected chi connectivity index (χ3v) is 9.58. The topological polar surface area (TPSA) is 97.0 Å². The number of methoxy groups -OCH3 is 1. The molecule has 1 aromatic rings. The van der Waals surface area contributed by atoms with Crippen molar-refractivity contribution in [2.45, 2.75) is 94.5 Å². The zero-order valence-corrected chi connectivity index (χ0v) is 22.4. The van der Waals surface area contributed by atoms with E-state index in [4.69, 9.17) is 9.47 Å². The first-order valence-electron chi connectivity index (χ1n) is 14.4. The molecule has 1 aromatic carbocycles. The van der Waals surface area contributed by atoms with Crippen LogP contribution in [0.25, 0.3) is 0 Å². The number of fused-ring (bicyclic) bond motifs is 1. The summed E-state index contributed by atoms with van der Waals surface area (Å²) in [6.45, 7) is 2.18. The Hall–Kier alpha value is -2.87. The van der Waals surface area contributed by atoms with Crippen molar-refractivity contribution in [1.29, 1.82) is 0 Å². The summed E-state index contributed by atoms with van der Waals surface area (Å²) in [5.74, 6) is -1.02. The van der Waals surface area contributed by atoms with Crippen LogP contribution < -0.4 is 15.4 Å². The Morgan fingerprint density at radius 1 is 1.05 bits per heavy atom. The van der Waals surface area contributed by atoms with Crippen molar-refractivity contribution >= 4 is 23.4 Å². The minimum Gasteiger partial charge on any atom is -0.497 e. The molecule has 3 aliphatic heterocycles. The monoisotopic (exact) mass is 521 g/mol. The van der Waals surface area contributed by atoms with Crippen molar-refractivity contribution in [3.05, 3.63) is 36.4 Å². The standard InChI is InChI=1S/C30H39N3O5/c1-18-9-6-7-14-22(18)33-26(28(35)31-19-10-4-3-5-11-19)30-16-15-23(38-30)24(25(30)29(33)36)27(34)32-20-12-8-13-21(17-20)37-2/h8,12-13,15-19,22-26H,3-7,9-11,14H2,1-2H3,(H,31,35)(H,32,34)/t18-,22-,23-,24+,25-,26+,30-/m1/s1. The lowest BCUT2D eigenvalue weighted by Gasteiger charge is -2.42. The molecule has 3 heterocycles. The van der Waals surface area contributed by atoms with Crippen molar-refractivity contribution in [3.8, 4) is 5.75 Å². The van der Waals surface area contributed by atoms with Gasteiger partial charge in [-0.3, -0.25) is 14.4 Å². The lowest BCUT2D eigenvalue weighted by atomic mass is 9.74. The Labute approximate surface area is 224 Å². The number of ether oxygens (including phenoxy) is 2. The van der Waals surface area contributed by atoms with Gasteiger partial charge in [-0.05, 0) is 43.7 Å². The van der Waals surface area contributed by atoms with Gasteiger partial charge in [0.1, 0.15) is 17.4 Å². The molecule has 5 aliphatic rings. The molecule has 2 bridgehead atoms. The van der Waals surface area contributed by atoms with Gasteiger partial charge < -0.3 is 25.0 Å². The second-order valence-corrected chi connectivity index (χ2v) is 11.8. The van der Waals surface area contributed by atoms with Gasteiger partial charge in [-0.15, -0.1) is 0 Å². The van der Waals surface area contributed by atoms with Crippen molar-refractivity contribution < 1.29 is 23.9 Å². The van der Waals surface area contributed by atoms with E-state index in [9.17, 15) is 14.4 Å². The van der Waals surface area contributed by atoms with E-state index in [-0.39, 0.29) is 35.7 Å². The molecule has 2 saturated carbocycles. The number of anilines is 1. The lowest BCUT2D eigenvalue weighted by molar-refractivity contribution is -0.146. The minimum atomic E-state index is -1.12. The van der Waals surface area contributed by atoms with E-state index in [0.29, 0.717) is 11.4 Å². The van der Waals surface area contributed by atoms with Crippen molar-refractivity contribution in [2.24, 2.45) is 17.8 Å². The van der Waals surface area contributed by atoms with Crippen LogP contribution in [0, 0.1) is 17.8 Å². The first-order valence-corrected chi connectivity index (χ1v) is 14.4. The van der Waals surface area contributed by atoms with Crippen molar-refractivity contribution in [1.82, 2.24) is 10.2 Å². The number of hydrogen-bond donors (Lipinski definition) is 2. The molecule has 0 unspecified atom stereocenters. The van der Waals surface area contributed by atoms with Crippen LogP contribution >= 0.6 is 0 Å². The molecule has 4 fully saturated rings. The summed E-state index contributed by atoms with van der Waals surface area (Å²) in [6.07, 6.45) is 12.7. The zero-order chi connectivity index (χ0) is 26.4. The predicted molar refractivity (Wildman–Crippen MR) is 142 cm³/mol. The van der Waals surface area contributed by atoms with Gasteiger partial charge in [-0.25, -0.2) is 0 Å². The third kappa shape index (κ3) is 4.12. The molecule has 8 heteroatoms. The number of carbonyl (C=O) groups excluding carboxylic acids is 3. The van der Waals surface area contributed by atoms with Crippen molar-refractivity contribution in [3.63, 3.8) is 0 Å². The van der Waals surface area contributed by atoms with E-state index in [1.807, 2.05) is 29.2 Å². The summed E-state index contributed by atoms with van der Waals surface area (Å²) in [5.41, 5.74) is -0.515. The highest BCUT2D eigenvalue weighted by molar-refractivity contribution is 6.03. The van der Waals surface area contributed by atoms with Gasteiger partial charge in [0.15, 0.2) is 0 Å². The number of nitrogens with zero attached hydrogens (tertiary/aromatic N) is 1. The number of rotatable bonds is 6. The summed E-state index contributed by atoms with van der Waals surface area (Å²) >= 11 is 0. The molecule has 7 atom stereocenters. The second kappa shape index (κ2) is 10.0. The van der Waals surface area contributed by atoms with Crippen LogP contribution in [0.4, 0.5) is 5.69 Å². The van der Waals surface area contributed by atoms with E-state index in [1.54, 1.807) is 19.2 Å². The summed E-state index contributed by atoms with van der Waals surface area (Å²) in [6, 6.07) is 6.51. The normalized spacial score (nSPS) is 36.3. The maximum absolute atomic E-state index is 14.3. The molecule has 2 N–H and O–H groups in total. The molecule has 6 rings (SSSR count). The highest BCUT2D eigenvalue weighted by Gasteiger charge is 2.73. The lowest BCUT2D eigenvalue weighted by Crippen LogP contribution is -2.59. The molecule has 38 heavy (non-hydrogen) atoms. The van der Waals surface area contributed by atoms with Crippen LogP contribution in [0.3, 0.4) is 0 Å². The molecule has 0 radical (unpaired) electrons. The Balaban J connectivity index is 1.32. The SMILES string of the molecule is COc1cccc(NC(=O)[C@H]2[C@H]3C=C[C@]4(O3)[C@H](C(=O)NC3CCCCC3)N([C@@H]3CCCC[C@H]3C)C(=O)[C@@H]24)c1. The van der Waals surface area contributed by atoms with Gasteiger partial charge in [0.25, 0.3) is 0 Å². The van der Waals surface area contributed by atoms with E-state index >= 15 is 0 Å². The summed E-state index contributed by atoms with van der Waals surface area (Å²) < 4.78 is 11.8. The van der Waals surface area contributed by atoms with Crippen LogP contribution in [-0.2, 0) is 19.1 Å². The van der Waals surface area contributed by atoms with Crippen molar-refractivity contribution in [2.75, 3.05) is 12.4 Å². The average molecular weight is 522 g/mol. The fourth-order valence-corrected chi connectivity index (χ4v) is 7.73. The molecular formula is C30H39N3O5. The van der Waals surface area contributed by atoms with Crippen LogP contribution in [0.2, 0.25) is 0 Å². The minimum absolute atomic E-state index is 0.0310. The molecule has 2 saturated heterocycles. The number of benzene rings is 1. The highest BCUT2D eigenvalue weighted by Crippen LogP contribution is 2.56. The molecular weight excluding hydrogens is 482 g/mol. The molecule has 8 nitrogen and oxygen atoms in total. The highest BCUT2D eigenvalue weighted by atomic mass is 16.5. The molecule has 3 amide bonds. The fourth-order valence-electron chi connectivity index (χ4n) is 7.73. The van der Waals surface area contributed by atoms with E-state index < -0.39 is 29.6 Å². The maximum Gasteiger partial charge on any atom is 0.246 e. The molecule has 204 valence electrons. The van der Waals surface area contributed by atoms with Gasteiger partial charge in [0.2, 0.25) is 17.7 Å². The maximum atomic E-state index is 14.3. The quantitative estimate of drug-likeness (QED) is 0.555. The van der Waals surface area contributed by atoms with Gasteiger partial charge in [0, 0.05) is 23.8 Å². The Morgan fingerprint density at radius 2 is 1.82 bits per heavy atom. The first-order chi connectivity index (χ1) is 18.4. The van der Waals surface area contributed by atoms with Crippen LogP contribution in [-0.4, -0.2) is 59.6 Å². The van der Waals surface area contributed by atoms with Gasteiger partial charge in [-0.1, -0.05) is 57.2 Å². The predicted octanol–water partition coefficient (Wildman–Crippen LogP) is 3.81. The van der Waals surface area contributed by atoms with Crippen LogP contribution in [0.1, 0.15) is 64.7 Å². The Morgan fingerprint density at radius 3 is 2.58 bits per heavy atom. The van der Waals surface area contributed by atoms with E-state index in [1.165, 1.54) is 6.42 Å². The third-order valence-electron chi connectivity index (χ3n) is 9.58. The average Bonchev–Trinajstić information content (AvgIpc) is 3.57. The number of amides is 3. The smallest absolute Gasteiger partial charge is 0.246 e. The number of likely N-dealkylation sites (tertiary alicyclic amines) is 1. The first kappa shape index (κ1) is 25.4. The van der Waals surface area contributed by atoms with Gasteiger partial charge in [0.05, 0.1) is 25.0 Å². The summed E-state index contributed by atoms with van der Waals surface area (Å²) in [5, 5.41) is 6.27. The van der Waals surface area contributed by atoms with Gasteiger partial charge >= 0.3 is 0 Å². The Kier molecular flexibility index (Phi) is 6.70. The van der Waals surface area contributed by atoms with Crippen LogP contribution in [0.5, 0.6) is 5.75 Å². The summed E-state index contributed by atoms with van der Waals surface area (Å²) in [7, 11) is 1.58. The number of hydrogen-bond acceptors (Lipinski definition) is 5. The molecule has 1 spiro atoms. The van der Waals surface area contributed by atoms with Gasteiger partial charge in [-0.2, -0.15) is 0 Å². The second-order valence-electron chi connectivity index (χ2n) is 11.8. The van der Waals surface area contributed by atoms with Crippen LogP contribution in [0.15, 0.2) is 36.4 Å². The fraction of sp³-hybridized carbons (Fsp3) is 0.633. The number of carbonyl (C=O) groups is 3. The zero-order valence-electron chi connectivity index (χ0n) is 22.4.